The second-order valence-electron chi connectivity index (χ2n) is 4.92. The fraction of sp³-hybridized carbons (Fsp3) is 0. The zero-order chi connectivity index (χ0) is 17.6. The van der Waals surface area contributed by atoms with Gasteiger partial charge < -0.3 is 0 Å². The largest absolute Gasteiger partial charge is 0.298 e. The third-order valence-electron chi connectivity index (χ3n) is 3.19. The predicted octanol–water partition coefficient (Wildman–Crippen LogP) is 3.77. The lowest BCUT2D eigenvalue weighted by atomic mass is 10.2. The highest BCUT2D eigenvalue weighted by molar-refractivity contribution is 7.14. The molecule has 0 saturated heterocycles. The highest BCUT2D eigenvalue weighted by atomic mass is 32.1. The number of aromatic nitrogens is 2. The van der Waals surface area contributed by atoms with Crippen molar-refractivity contribution in [2.45, 2.75) is 0 Å². The Morgan fingerprint density at radius 3 is 2.64 bits per heavy atom. The van der Waals surface area contributed by atoms with Crippen molar-refractivity contribution in [2.24, 2.45) is 0 Å². The van der Waals surface area contributed by atoms with Gasteiger partial charge >= 0.3 is 0 Å². The number of anilines is 1. The van der Waals surface area contributed by atoms with Crippen LogP contribution in [0.1, 0.15) is 5.56 Å². The van der Waals surface area contributed by atoms with E-state index in [1.54, 1.807) is 24.4 Å². The summed E-state index contributed by atoms with van der Waals surface area (Å²) in [6, 6.07) is 11.5. The van der Waals surface area contributed by atoms with Crippen molar-refractivity contribution in [2.75, 3.05) is 5.32 Å². The van der Waals surface area contributed by atoms with Crippen molar-refractivity contribution in [1.29, 1.82) is 0 Å². The summed E-state index contributed by atoms with van der Waals surface area (Å²) in [6.45, 7) is 0. The van der Waals surface area contributed by atoms with E-state index < -0.39 is 4.92 Å². The molecule has 0 bridgehead atoms. The molecular weight excluding hydrogens is 340 g/mol. The van der Waals surface area contributed by atoms with Gasteiger partial charge in [-0.15, -0.1) is 11.3 Å². The number of rotatable bonds is 5. The maximum Gasteiger partial charge on any atom is 0.269 e. The topological polar surface area (TPSA) is 98.0 Å². The van der Waals surface area contributed by atoms with Crippen molar-refractivity contribution in [3.63, 3.8) is 0 Å². The summed E-state index contributed by atoms with van der Waals surface area (Å²) in [4.78, 5) is 30.6. The number of amides is 1. The molecule has 124 valence electrons. The molecule has 1 N–H and O–H groups in total. The molecular formula is C17H12N4O3S. The Balaban J connectivity index is 1.63. The number of thiazole rings is 1. The molecule has 0 aliphatic rings. The Morgan fingerprint density at radius 2 is 1.96 bits per heavy atom. The maximum atomic E-state index is 12.0. The number of nitrogens with one attached hydrogen (secondary N) is 1. The van der Waals surface area contributed by atoms with Gasteiger partial charge in [-0.25, -0.2) is 4.98 Å². The third kappa shape index (κ3) is 4.33. The monoisotopic (exact) mass is 352 g/mol. The number of nitro benzene ring substituents is 1. The number of nitro groups is 1. The lowest BCUT2D eigenvalue weighted by molar-refractivity contribution is -0.384. The summed E-state index contributed by atoms with van der Waals surface area (Å²) in [5.74, 6) is -0.333. The van der Waals surface area contributed by atoms with Gasteiger partial charge in [0.2, 0.25) is 5.91 Å². The fourth-order valence-corrected chi connectivity index (χ4v) is 2.70. The van der Waals surface area contributed by atoms with E-state index in [-0.39, 0.29) is 11.6 Å². The number of hydrogen-bond donors (Lipinski definition) is 1. The Labute approximate surface area is 146 Å². The summed E-state index contributed by atoms with van der Waals surface area (Å²) in [6.07, 6.45) is 4.61. The van der Waals surface area contributed by atoms with E-state index in [9.17, 15) is 14.9 Å². The summed E-state index contributed by atoms with van der Waals surface area (Å²) < 4.78 is 0. The lowest BCUT2D eigenvalue weighted by Gasteiger charge is -1.97. The van der Waals surface area contributed by atoms with Crippen molar-refractivity contribution < 1.29 is 9.72 Å². The summed E-state index contributed by atoms with van der Waals surface area (Å²) >= 11 is 1.31. The van der Waals surface area contributed by atoms with E-state index in [1.165, 1.54) is 29.5 Å². The molecule has 7 nitrogen and oxygen atoms in total. The second-order valence-corrected chi connectivity index (χ2v) is 5.78. The van der Waals surface area contributed by atoms with E-state index >= 15 is 0 Å². The molecule has 1 aromatic carbocycles. The van der Waals surface area contributed by atoms with E-state index in [0.29, 0.717) is 16.4 Å². The van der Waals surface area contributed by atoms with Gasteiger partial charge in [-0.1, -0.05) is 6.07 Å². The molecule has 0 spiro atoms. The second kappa shape index (κ2) is 7.45. The van der Waals surface area contributed by atoms with E-state index in [4.69, 9.17) is 0 Å². The average Bonchev–Trinajstić information content (AvgIpc) is 3.09. The van der Waals surface area contributed by atoms with Gasteiger partial charge in [-0.3, -0.25) is 25.2 Å². The molecule has 0 fully saturated rings. The van der Waals surface area contributed by atoms with E-state index in [1.807, 2.05) is 23.6 Å². The van der Waals surface area contributed by atoms with Crippen LogP contribution in [-0.2, 0) is 4.79 Å². The Bertz CT molecular complexity index is 921. The van der Waals surface area contributed by atoms with Gasteiger partial charge in [-0.2, -0.15) is 0 Å². The molecule has 3 rings (SSSR count). The highest BCUT2D eigenvalue weighted by Gasteiger charge is 2.07. The van der Waals surface area contributed by atoms with Gasteiger partial charge in [-0.05, 0) is 35.9 Å². The molecule has 0 saturated carbocycles. The first kappa shape index (κ1) is 16.5. The Hall–Kier alpha value is -3.39. The predicted molar refractivity (Wildman–Crippen MR) is 96.1 cm³/mol. The van der Waals surface area contributed by atoms with Crippen molar-refractivity contribution >= 4 is 34.1 Å². The summed E-state index contributed by atoms with van der Waals surface area (Å²) in [5, 5.41) is 15.6. The molecule has 2 heterocycles. The maximum absolute atomic E-state index is 12.0. The number of nitrogens with zero attached hydrogens (tertiary/aromatic N) is 3. The van der Waals surface area contributed by atoms with Crippen LogP contribution in [0.25, 0.3) is 17.5 Å². The molecule has 0 radical (unpaired) electrons. The van der Waals surface area contributed by atoms with Crippen molar-refractivity contribution in [3.8, 4) is 11.4 Å². The molecule has 3 aromatic rings. The normalized spacial score (nSPS) is 10.7. The SMILES string of the molecule is O=C(C=Cc1ccc([N+](=O)[O-])cc1)Nc1nc(-c2ccccn2)cs1. The lowest BCUT2D eigenvalue weighted by Crippen LogP contribution is -2.07. The molecule has 25 heavy (non-hydrogen) atoms. The van der Waals surface area contributed by atoms with Crippen LogP contribution < -0.4 is 5.32 Å². The summed E-state index contributed by atoms with van der Waals surface area (Å²) in [7, 11) is 0. The van der Waals surface area contributed by atoms with Crippen LogP contribution in [0, 0.1) is 10.1 Å². The van der Waals surface area contributed by atoms with Gasteiger partial charge in [0.15, 0.2) is 5.13 Å². The molecule has 0 atom stereocenters. The van der Waals surface area contributed by atoms with Crippen LogP contribution in [0.3, 0.4) is 0 Å². The minimum absolute atomic E-state index is 0.00596. The average molecular weight is 352 g/mol. The smallest absolute Gasteiger partial charge is 0.269 e. The number of carbonyl (C=O) groups excluding carboxylic acids is 1. The number of pyridine rings is 1. The number of hydrogen-bond acceptors (Lipinski definition) is 6. The number of benzene rings is 1. The molecule has 0 aliphatic heterocycles. The zero-order valence-corrected chi connectivity index (χ0v) is 13.6. The minimum atomic E-state index is -0.470. The fourth-order valence-electron chi connectivity index (χ4n) is 1.99. The quantitative estimate of drug-likeness (QED) is 0.428. The molecule has 2 aromatic heterocycles. The molecule has 8 heteroatoms. The van der Waals surface area contributed by atoms with E-state index in [2.05, 4.69) is 15.3 Å². The van der Waals surface area contributed by atoms with Gasteiger partial charge in [0.05, 0.1) is 10.6 Å². The molecule has 1 amide bonds. The van der Waals surface area contributed by atoms with Crippen LogP contribution in [0.5, 0.6) is 0 Å². The first-order valence-corrected chi connectivity index (χ1v) is 8.10. The highest BCUT2D eigenvalue weighted by Crippen LogP contribution is 2.23. The number of non-ortho nitro benzene ring substituents is 1. The summed E-state index contributed by atoms with van der Waals surface area (Å²) in [5.41, 5.74) is 2.13. The Morgan fingerprint density at radius 1 is 1.16 bits per heavy atom. The Kier molecular flexibility index (Phi) is 4.91. The van der Waals surface area contributed by atoms with E-state index in [0.717, 1.165) is 5.69 Å². The van der Waals surface area contributed by atoms with Crippen LogP contribution in [0.4, 0.5) is 10.8 Å². The molecule has 0 aliphatic carbocycles. The van der Waals surface area contributed by atoms with Gasteiger partial charge in [0.1, 0.15) is 5.69 Å². The van der Waals surface area contributed by atoms with Crippen molar-refractivity contribution in [3.05, 3.63) is 75.8 Å². The van der Waals surface area contributed by atoms with Crippen LogP contribution in [-0.4, -0.2) is 20.8 Å². The van der Waals surface area contributed by atoms with Crippen LogP contribution in [0.2, 0.25) is 0 Å². The first-order chi connectivity index (χ1) is 12.1. The third-order valence-corrected chi connectivity index (χ3v) is 3.95. The number of carbonyl (C=O) groups is 1. The first-order valence-electron chi connectivity index (χ1n) is 7.22. The van der Waals surface area contributed by atoms with Crippen LogP contribution >= 0.6 is 11.3 Å². The van der Waals surface area contributed by atoms with Gasteiger partial charge in [0, 0.05) is 29.8 Å². The van der Waals surface area contributed by atoms with Crippen LogP contribution in [0.15, 0.2) is 60.1 Å². The standard InChI is InChI=1S/C17H12N4O3S/c22-16(9-6-12-4-7-13(8-5-12)21(23)24)20-17-19-15(11-25-17)14-3-1-2-10-18-14/h1-11H,(H,19,20,22). The molecule has 0 unspecified atom stereocenters. The minimum Gasteiger partial charge on any atom is -0.298 e. The zero-order valence-electron chi connectivity index (χ0n) is 12.8. The van der Waals surface area contributed by atoms with Gasteiger partial charge in [0.25, 0.3) is 5.69 Å². The van der Waals surface area contributed by atoms with Crippen molar-refractivity contribution in [1.82, 2.24) is 9.97 Å².